The molecular formula is C23H25ClN4OS. The van der Waals surface area contributed by atoms with E-state index in [4.69, 9.17) is 11.6 Å². The molecule has 0 bridgehead atoms. The van der Waals surface area contributed by atoms with Crippen LogP contribution in [0.25, 0.3) is 0 Å². The van der Waals surface area contributed by atoms with E-state index in [1.165, 1.54) is 11.8 Å². The van der Waals surface area contributed by atoms with E-state index in [2.05, 4.69) is 60.4 Å². The fourth-order valence-electron chi connectivity index (χ4n) is 3.02. The van der Waals surface area contributed by atoms with Crippen molar-refractivity contribution in [1.82, 2.24) is 9.97 Å². The minimum atomic E-state index is -0.286. The molecule has 156 valence electrons. The van der Waals surface area contributed by atoms with Gasteiger partial charge >= 0.3 is 6.03 Å². The van der Waals surface area contributed by atoms with Crippen molar-refractivity contribution in [2.24, 2.45) is 0 Å². The zero-order chi connectivity index (χ0) is 21.7. The standard InChI is InChI=1S/C23H25ClN4OS/c1-14(2)18-6-5-7-19(15(3)4)22(18)28-23(29)27-17-9-11-21(26-13-17)30-20-10-8-16(24)12-25-20/h5-15H,1-4H3,(H2,27,28,29). The van der Waals surface area contributed by atoms with Crippen molar-refractivity contribution in [3.63, 3.8) is 0 Å². The fourth-order valence-corrected chi connectivity index (χ4v) is 3.82. The van der Waals surface area contributed by atoms with Gasteiger partial charge in [-0.05, 0) is 47.2 Å². The summed E-state index contributed by atoms with van der Waals surface area (Å²) in [6.45, 7) is 8.49. The topological polar surface area (TPSA) is 66.9 Å². The fraction of sp³-hybridized carbons (Fsp3) is 0.261. The van der Waals surface area contributed by atoms with Crippen molar-refractivity contribution in [3.8, 4) is 0 Å². The number of benzene rings is 1. The van der Waals surface area contributed by atoms with Crippen LogP contribution in [0.1, 0.15) is 50.7 Å². The number of carbonyl (C=O) groups excluding carboxylic acids is 1. The van der Waals surface area contributed by atoms with Gasteiger partial charge in [0.15, 0.2) is 0 Å². The summed E-state index contributed by atoms with van der Waals surface area (Å²) in [5, 5.41) is 8.09. The molecule has 2 N–H and O–H groups in total. The first-order valence-electron chi connectivity index (χ1n) is 9.79. The molecule has 5 nitrogen and oxygen atoms in total. The van der Waals surface area contributed by atoms with Crippen LogP contribution in [-0.4, -0.2) is 16.0 Å². The summed E-state index contributed by atoms with van der Waals surface area (Å²) in [4.78, 5) is 21.3. The molecule has 0 aliphatic heterocycles. The Hall–Kier alpha value is -2.57. The number of nitrogens with one attached hydrogen (secondary N) is 2. The van der Waals surface area contributed by atoms with E-state index in [1.54, 1.807) is 18.5 Å². The summed E-state index contributed by atoms with van der Waals surface area (Å²) >= 11 is 7.29. The van der Waals surface area contributed by atoms with Crippen LogP contribution in [0.2, 0.25) is 5.02 Å². The van der Waals surface area contributed by atoms with Gasteiger partial charge in [0.2, 0.25) is 0 Å². The second kappa shape index (κ2) is 9.96. The van der Waals surface area contributed by atoms with E-state index in [0.29, 0.717) is 22.5 Å². The highest BCUT2D eigenvalue weighted by atomic mass is 35.5. The number of hydrogen-bond donors (Lipinski definition) is 2. The highest BCUT2D eigenvalue weighted by molar-refractivity contribution is 7.99. The Morgan fingerprint density at radius 1 is 0.867 bits per heavy atom. The summed E-state index contributed by atoms with van der Waals surface area (Å²) in [5.41, 5.74) is 3.75. The molecule has 3 aromatic rings. The summed E-state index contributed by atoms with van der Waals surface area (Å²) in [7, 11) is 0. The van der Waals surface area contributed by atoms with E-state index in [9.17, 15) is 4.79 Å². The van der Waals surface area contributed by atoms with Gasteiger partial charge in [0.25, 0.3) is 0 Å². The largest absolute Gasteiger partial charge is 0.323 e. The third-order valence-electron chi connectivity index (χ3n) is 4.52. The van der Waals surface area contributed by atoms with Gasteiger partial charge in [0.1, 0.15) is 10.1 Å². The highest BCUT2D eigenvalue weighted by Gasteiger charge is 2.16. The summed E-state index contributed by atoms with van der Waals surface area (Å²) < 4.78 is 0. The number of pyridine rings is 2. The summed E-state index contributed by atoms with van der Waals surface area (Å²) in [5.74, 6) is 0.608. The van der Waals surface area contributed by atoms with Gasteiger partial charge in [-0.15, -0.1) is 0 Å². The molecule has 0 unspecified atom stereocenters. The number of anilines is 2. The van der Waals surface area contributed by atoms with Gasteiger partial charge in [-0.3, -0.25) is 0 Å². The Morgan fingerprint density at radius 2 is 1.47 bits per heavy atom. The number of nitrogens with zero attached hydrogens (tertiary/aromatic N) is 2. The molecule has 3 rings (SSSR count). The van der Waals surface area contributed by atoms with E-state index >= 15 is 0 Å². The zero-order valence-corrected chi connectivity index (χ0v) is 19.0. The molecule has 2 aromatic heterocycles. The van der Waals surface area contributed by atoms with Gasteiger partial charge in [-0.1, -0.05) is 69.3 Å². The average molecular weight is 441 g/mol. The Labute approximate surface area is 186 Å². The summed E-state index contributed by atoms with van der Waals surface area (Å²) in [6.07, 6.45) is 3.24. The molecule has 0 aliphatic rings. The maximum absolute atomic E-state index is 12.7. The molecule has 0 saturated heterocycles. The molecule has 0 atom stereocenters. The average Bonchev–Trinajstić information content (AvgIpc) is 2.71. The number of aromatic nitrogens is 2. The van der Waals surface area contributed by atoms with E-state index in [0.717, 1.165) is 26.9 Å². The van der Waals surface area contributed by atoms with Crippen molar-refractivity contribution in [2.75, 3.05) is 10.6 Å². The third kappa shape index (κ3) is 5.74. The van der Waals surface area contributed by atoms with Gasteiger partial charge in [0, 0.05) is 11.9 Å². The molecule has 0 aliphatic carbocycles. The van der Waals surface area contributed by atoms with Crippen molar-refractivity contribution in [1.29, 1.82) is 0 Å². The van der Waals surface area contributed by atoms with E-state index < -0.39 is 0 Å². The number of para-hydroxylation sites is 1. The number of rotatable bonds is 6. The van der Waals surface area contributed by atoms with Gasteiger partial charge in [-0.25, -0.2) is 14.8 Å². The monoisotopic (exact) mass is 440 g/mol. The number of amides is 2. The maximum atomic E-state index is 12.7. The van der Waals surface area contributed by atoms with E-state index in [1.807, 2.05) is 24.3 Å². The van der Waals surface area contributed by atoms with Crippen molar-refractivity contribution < 1.29 is 4.79 Å². The Bertz CT molecular complexity index is 978. The predicted molar refractivity (Wildman–Crippen MR) is 125 cm³/mol. The molecule has 0 fully saturated rings. The Morgan fingerprint density at radius 3 is 1.97 bits per heavy atom. The second-order valence-electron chi connectivity index (χ2n) is 7.50. The lowest BCUT2D eigenvalue weighted by Gasteiger charge is -2.20. The van der Waals surface area contributed by atoms with Crippen LogP contribution < -0.4 is 10.6 Å². The number of carbonyl (C=O) groups is 1. The lowest BCUT2D eigenvalue weighted by molar-refractivity contribution is 0.262. The van der Waals surface area contributed by atoms with Crippen LogP contribution in [0, 0.1) is 0 Å². The van der Waals surface area contributed by atoms with Crippen LogP contribution in [0.4, 0.5) is 16.2 Å². The number of hydrogen-bond acceptors (Lipinski definition) is 4. The van der Waals surface area contributed by atoms with Crippen LogP contribution >= 0.6 is 23.4 Å². The summed E-state index contributed by atoms with van der Waals surface area (Å²) in [6, 6.07) is 13.2. The minimum Gasteiger partial charge on any atom is -0.307 e. The van der Waals surface area contributed by atoms with Gasteiger partial charge in [-0.2, -0.15) is 0 Å². The first kappa shape index (κ1) is 22.1. The lowest BCUT2D eigenvalue weighted by Crippen LogP contribution is -2.21. The van der Waals surface area contributed by atoms with Crippen molar-refractivity contribution in [2.45, 2.75) is 49.6 Å². The Kier molecular flexibility index (Phi) is 7.34. The van der Waals surface area contributed by atoms with Crippen LogP contribution in [0.3, 0.4) is 0 Å². The number of halogens is 1. The molecule has 0 saturated carbocycles. The first-order chi connectivity index (χ1) is 14.3. The lowest BCUT2D eigenvalue weighted by atomic mass is 9.93. The predicted octanol–water partition coefficient (Wildman–Crippen LogP) is 7.17. The zero-order valence-electron chi connectivity index (χ0n) is 17.4. The van der Waals surface area contributed by atoms with Crippen molar-refractivity contribution in [3.05, 3.63) is 71.0 Å². The smallest absolute Gasteiger partial charge is 0.307 e. The maximum Gasteiger partial charge on any atom is 0.323 e. The molecule has 2 heterocycles. The second-order valence-corrected chi connectivity index (χ2v) is 8.98. The van der Waals surface area contributed by atoms with Gasteiger partial charge in [0.05, 0.1) is 16.9 Å². The molecule has 7 heteroatoms. The number of urea groups is 1. The quantitative estimate of drug-likeness (QED) is 0.426. The first-order valence-corrected chi connectivity index (χ1v) is 11.0. The normalized spacial score (nSPS) is 11.0. The molecule has 2 amide bonds. The minimum absolute atomic E-state index is 0.286. The Balaban J connectivity index is 1.69. The highest BCUT2D eigenvalue weighted by Crippen LogP contribution is 2.32. The molecule has 1 aromatic carbocycles. The third-order valence-corrected chi connectivity index (χ3v) is 5.64. The SMILES string of the molecule is CC(C)c1cccc(C(C)C)c1NC(=O)Nc1ccc(Sc2ccc(Cl)cn2)nc1. The molecule has 0 radical (unpaired) electrons. The van der Waals surface area contributed by atoms with E-state index in [-0.39, 0.29) is 6.03 Å². The van der Waals surface area contributed by atoms with Crippen molar-refractivity contribution >= 4 is 40.8 Å². The molecular weight excluding hydrogens is 416 g/mol. The van der Waals surface area contributed by atoms with Gasteiger partial charge < -0.3 is 10.6 Å². The molecule has 0 spiro atoms. The van der Waals surface area contributed by atoms with Crippen LogP contribution in [0.5, 0.6) is 0 Å². The molecule has 30 heavy (non-hydrogen) atoms. The van der Waals surface area contributed by atoms with Crippen LogP contribution in [-0.2, 0) is 0 Å². The van der Waals surface area contributed by atoms with Crippen LogP contribution in [0.15, 0.2) is 64.9 Å².